The van der Waals surface area contributed by atoms with E-state index in [1.165, 1.54) is 12.1 Å². The Hall–Kier alpha value is -1.50. The molecule has 102 valence electrons. The number of aliphatic hydroxyl groups is 1. The summed E-state index contributed by atoms with van der Waals surface area (Å²) in [6.07, 6.45) is -3.57. The Kier molecular flexibility index (Phi) is 4.77. The highest BCUT2D eigenvalue weighted by Gasteiger charge is 2.31. The van der Waals surface area contributed by atoms with Crippen molar-refractivity contribution in [3.05, 3.63) is 18.3 Å². The molecule has 0 saturated carbocycles. The van der Waals surface area contributed by atoms with Crippen LogP contribution in [0.2, 0.25) is 0 Å². The van der Waals surface area contributed by atoms with Gasteiger partial charge in [0.2, 0.25) is 0 Å². The fourth-order valence-corrected chi connectivity index (χ4v) is 1.29. The Morgan fingerprint density at radius 2 is 2.11 bits per heavy atom. The minimum atomic E-state index is -4.71. The summed E-state index contributed by atoms with van der Waals surface area (Å²) in [4.78, 5) is 5.60. The minimum Gasteiger partial charge on any atom is -0.404 e. The largest absolute Gasteiger partial charge is 0.573 e. The van der Waals surface area contributed by atoms with Crippen LogP contribution in [0.5, 0.6) is 5.75 Å². The highest BCUT2D eigenvalue weighted by Crippen LogP contribution is 2.23. The van der Waals surface area contributed by atoms with Gasteiger partial charge in [0.1, 0.15) is 11.6 Å². The molecular weight excluding hydrogens is 249 g/mol. The van der Waals surface area contributed by atoms with Crippen LogP contribution in [0, 0.1) is 0 Å². The maximum absolute atomic E-state index is 11.9. The van der Waals surface area contributed by atoms with E-state index in [1.807, 2.05) is 0 Å². The van der Waals surface area contributed by atoms with Crippen LogP contribution < -0.4 is 9.64 Å². The molecule has 0 aliphatic carbocycles. The molecule has 0 spiro atoms. The van der Waals surface area contributed by atoms with Crippen LogP contribution in [0.15, 0.2) is 18.3 Å². The van der Waals surface area contributed by atoms with Crippen molar-refractivity contribution in [2.45, 2.75) is 25.8 Å². The average molecular weight is 264 g/mol. The standard InChI is InChI=1S/C11H15F3N2O2/c1-8(17)5-6-16(2)10-4-3-9(7-15-10)18-11(12,13)14/h3-4,7-8,17H,5-6H2,1-2H3. The number of halogens is 3. The van der Waals surface area contributed by atoms with Gasteiger partial charge in [-0.15, -0.1) is 13.2 Å². The molecule has 0 fully saturated rings. The van der Waals surface area contributed by atoms with Gasteiger partial charge in [0.15, 0.2) is 0 Å². The van der Waals surface area contributed by atoms with Crippen molar-refractivity contribution in [1.82, 2.24) is 4.98 Å². The number of alkyl halides is 3. The van der Waals surface area contributed by atoms with Gasteiger partial charge in [-0.25, -0.2) is 4.98 Å². The van der Waals surface area contributed by atoms with E-state index in [2.05, 4.69) is 9.72 Å². The molecule has 0 saturated heterocycles. The Labute approximate surface area is 103 Å². The van der Waals surface area contributed by atoms with Crippen molar-refractivity contribution < 1.29 is 23.0 Å². The first kappa shape index (κ1) is 14.6. The van der Waals surface area contributed by atoms with Crippen LogP contribution in [0.4, 0.5) is 19.0 Å². The third kappa shape index (κ3) is 5.22. The van der Waals surface area contributed by atoms with Crippen LogP contribution in [0.3, 0.4) is 0 Å². The third-order valence-corrected chi connectivity index (χ3v) is 2.23. The normalized spacial score (nSPS) is 13.2. The lowest BCUT2D eigenvalue weighted by molar-refractivity contribution is -0.274. The van der Waals surface area contributed by atoms with Crippen molar-refractivity contribution in [1.29, 1.82) is 0 Å². The molecule has 1 N–H and O–H groups in total. The molecule has 1 unspecified atom stereocenters. The molecule has 0 aliphatic heterocycles. The number of hydrogen-bond acceptors (Lipinski definition) is 4. The summed E-state index contributed by atoms with van der Waals surface area (Å²) in [7, 11) is 1.75. The summed E-state index contributed by atoms with van der Waals surface area (Å²) in [6, 6.07) is 2.64. The van der Waals surface area contributed by atoms with Crippen molar-refractivity contribution in [3.63, 3.8) is 0 Å². The molecule has 1 aromatic rings. The molecule has 0 aliphatic rings. The van der Waals surface area contributed by atoms with Crippen LogP contribution in [-0.4, -0.2) is 36.1 Å². The van der Waals surface area contributed by atoms with Gasteiger partial charge in [0.25, 0.3) is 0 Å². The van der Waals surface area contributed by atoms with Crippen LogP contribution >= 0.6 is 0 Å². The minimum absolute atomic E-state index is 0.352. The molecule has 18 heavy (non-hydrogen) atoms. The molecular formula is C11H15F3N2O2. The van der Waals surface area contributed by atoms with E-state index in [4.69, 9.17) is 5.11 Å². The van der Waals surface area contributed by atoms with Crippen molar-refractivity contribution >= 4 is 5.82 Å². The quantitative estimate of drug-likeness (QED) is 0.885. The van der Waals surface area contributed by atoms with E-state index in [9.17, 15) is 13.2 Å². The van der Waals surface area contributed by atoms with Gasteiger partial charge in [0.05, 0.1) is 12.3 Å². The zero-order valence-corrected chi connectivity index (χ0v) is 10.1. The monoisotopic (exact) mass is 264 g/mol. The molecule has 1 aromatic heterocycles. The average Bonchev–Trinajstić information content (AvgIpc) is 2.24. The van der Waals surface area contributed by atoms with Crippen molar-refractivity contribution in [3.8, 4) is 5.75 Å². The SMILES string of the molecule is CC(O)CCN(C)c1ccc(OC(F)(F)F)cn1. The smallest absolute Gasteiger partial charge is 0.404 e. The van der Waals surface area contributed by atoms with Gasteiger partial charge < -0.3 is 14.7 Å². The first-order chi connectivity index (χ1) is 8.28. The lowest BCUT2D eigenvalue weighted by Gasteiger charge is -2.19. The van der Waals surface area contributed by atoms with Crippen LogP contribution in [-0.2, 0) is 0 Å². The summed E-state index contributed by atoms with van der Waals surface area (Å²) < 4.78 is 39.5. The summed E-state index contributed by atoms with van der Waals surface area (Å²) in [5.41, 5.74) is 0. The zero-order valence-electron chi connectivity index (χ0n) is 10.1. The Bertz CT molecular complexity index is 366. The fourth-order valence-electron chi connectivity index (χ4n) is 1.29. The first-order valence-electron chi connectivity index (χ1n) is 5.39. The number of anilines is 1. The van der Waals surface area contributed by atoms with Gasteiger partial charge in [-0.3, -0.25) is 0 Å². The molecule has 0 bridgehead atoms. The van der Waals surface area contributed by atoms with Crippen LogP contribution in [0.25, 0.3) is 0 Å². The number of rotatable bonds is 5. The lowest BCUT2D eigenvalue weighted by Crippen LogP contribution is -2.23. The number of aliphatic hydroxyl groups excluding tert-OH is 1. The molecule has 7 heteroatoms. The molecule has 0 radical (unpaired) electrons. The fraction of sp³-hybridized carbons (Fsp3) is 0.545. The van der Waals surface area contributed by atoms with E-state index < -0.39 is 12.5 Å². The van der Waals surface area contributed by atoms with Gasteiger partial charge in [-0.1, -0.05) is 0 Å². The predicted molar refractivity (Wildman–Crippen MR) is 60.5 cm³/mol. The Balaban J connectivity index is 2.59. The number of pyridine rings is 1. The van der Waals surface area contributed by atoms with E-state index >= 15 is 0 Å². The second kappa shape index (κ2) is 5.90. The maximum Gasteiger partial charge on any atom is 0.573 e. The summed E-state index contributed by atoms with van der Waals surface area (Å²) >= 11 is 0. The second-order valence-electron chi connectivity index (χ2n) is 3.96. The third-order valence-electron chi connectivity index (χ3n) is 2.23. The summed E-state index contributed by atoms with van der Waals surface area (Å²) in [6.45, 7) is 2.23. The molecule has 0 aromatic carbocycles. The second-order valence-corrected chi connectivity index (χ2v) is 3.96. The lowest BCUT2D eigenvalue weighted by atomic mass is 10.3. The summed E-state index contributed by atoms with van der Waals surface area (Å²) in [5.74, 6) is 0.167. The topological polar surface area (TPSA) is 45.6 Å². The van der Waals surface area contributed by atoms with Gasteiger partial charge in [-0.2, -0.15) is 0 Å². The zero-order chi connectivity index (χ0) is 13.8. The molecule has 4 nitrogen and oxygen atoms in total. The van der Waals surface area contributed by atoms with Gasteiger partial charge in [0, 0.05) is 13.6 Å². The summed E-state index contributed by atoms with van der Waals surface area (Å²) in [5, 5.41) is 9.13. The van der Waals surface area contributed by atoms with E-state index in [0.29, 0.717) is 18.8 Å². The Morgan fingerprint density at radius 3 is 2.56 bits per heavy atom. The van der Waals surface area contributed by atoms with Crippen molar-refractivity contribution in [2.75, 3.05) is 18.5 Å². The highest BCUT2D eigenvalue weighted by atomic mass is 19.4. The van der Waals surface area contributed by atoms with E-state index in [0.717, 1.165) is 6.20 Å². The number of ether oxygens (including phenoxy) is 1. The predicted octanol–water partition coefficient (Wildman–Crippen LogP) is 2.19. The van der Waals surface area contributed by atoms with E-state index in [1.54, 1.807) is 18.9 Å². The van der Waals surface area contributed by atoms with E-state index in [-0.39, 0.29) is 5.75 Å². The Morgan fingerprint density at radius 1 is 1.44 bits per heavy atom. The first-order valence-corrected chi connectivity index (χ1v) is 5.39. The maximum atomic E-state index is 11.9. The molecule has 0 amide bonds. The molecule has 1 atom stereocenters. The molecule has 1 heterocycles. The van der Waals surface area contributed by atoms with Gasteiger partial charge >= 0.3 is 6.36 Å². The van der Waals surface area contributed by atoms with Crippen LogP contribution in [0.1, 0.15) is 13.3 Å². The molecule has 1 rings (SSSR count). The highest BCUT2D eigenvalue weighted by molar-refractivity contribution is 5.39. The number of nitrogens with zero attached hydrogens (tertiary/aromatic N) is 2. The van der Waals surface area contributed by atoms with Crippen molar-refractivity contribution in [2.24, 2.45) is 0 Å². The van der Waals surface area contributed by atoms with Gasteiger partial charge in [-0.05, 0) is 25.5 Å². The number of aromatic nitrogens is 1. The number of hydrogen-bond donors (Lipinski definition) is 1.